The standard InChI is InChI=1S/C14H23O/c15-13-9-4-2-1-3-6-10-14-11-7-5-8-12-14/h5,7,11-12,15H,1-4,6,8-10,13H2. The highest BCUT2D eigenvalue weighted by Crippen LogP contribution is 2.16. The van der Waals surface area contributed by atoms with Crippen molar-refractivity contribution in [2.24, 2.45) is 0 Å². The predicted molar refractivity (Wildman–Crippen MR) is 65.5 cm³/mol. The van der Waals surface area contributed by atoms with Gasteiger partial charge in [-0.1, -0.05) is 49.5 Å². The van der Waals surface area contributed by atoms with Crippen LogP contribution in [0.5, 0.6) is 0 Å². The van der Waals surface area contributed by atoms with Gasteiger partial charge in [-0.3, -0.25) is 0 Å². The Labute approximate surface area is 93.9 Å². The van der Waals surface area contributed by atoms with E-state index in [4.69, 9.17) is 5.11 Å². The van der Waals surface area contributed by atoms with E-state index in [2.05, 4.69) is 24.6 Å². The summed E-state index contributed by atoms with van der Waals surface area (Å²) in [6, 6.07) is 0. The fraction of sp³-hybridized carbons (Fsp3) is 0.643. The van der Waals surface area contributed by atoms with Crippen LogP contribution < -0.4 is 0 Å². The smallest absolute Gasteiger partial charge is 0.0431 e. The van der Waals surface area contributed by atoms with Gasteiger partial charge in [-0.05, 0) is 32.1 Å². The van der Waals surface area contributed by atoms with E-state index in [0.29, 0.717) is 6.61 Å². The van der Waals surface area contributed by atoms with Crippen molar-refractivity contribution in [1.82, 2.24) is 0 Å². The highest BCUT2D eigenvalue weighted by molar-refractivity contribution is 5.26. The van der Waals surface area contributed by atoms with E-state index in [0.717, 1.165) is 12.8 Å². The van der Waals surface area contributed by atoms with Gasteiger partial charge in [0.2, 0.25) is 0 Å². The normalized spacial score (nSPS) is 15.4. The van der Waals surface area contributed by atoms with Crippen LogP contribution in [0, 0.1) is 6.42 Å². The largest absolute Gasteiger partial charge is 0.396 e. The van der Waals surface area contributed by atoms with Crippen LogP contribution in [0.3, 0.4) is 0 Å². The summed E-state index contributed by atoms with van der Waals surface area (Å²) in [6.45, 7) is 0.355. The van der Waals surface area contributed by atoms with Crippen LogP contribution in [0.4, 0.5) is 0 Å². The molecule has 1 radical (unpaired) electrons. The summed E-state index contributed by atoms with van der Waals surface area (Å²) in [5.74, 6) is 0. The van der Waals surface area contributed by atoms with Gasteiger partial charge in [-0.2, -0.15) is 0 Å². The Bertz CT molecular complexity index is 203. The van der Waals surface area contributed by atoms with Crippen LogP contribution >= 0.6 is 0 Å². The van der Waals surface area contributed by atoms with Crippen LogP contribution in [0.1, 0.15) is 51.4 Å². The molecule has 0 aromatic rings. The van der Waals surface area contributed by atoms with E-state index in [1.807, 2.05) is 0 Å². The van der Waals surface area contributed by atoms with Crippen molar-refractivity contribution in [2.45, 2.75) is 51.4 Å². The van der Waals surface area contributed by atoms with E-state index >= 15 is 0 Å². The van der Waals surface area contributed by atoms with Crippen molar-refractivity contribution >= 4 is 0 Å². The maximum Gasteiger partial charge on any atom is 0.0431 e. The quantitative estimate of drug-likeness (QED) is 0.600. The summed E-state index contributed by atoms with van der Waals surface area (Å²) in [7, 11) is 0. The first-order valence-electron chi connectivity index (χ1n) is 6.23. The molecule has 0 unspecified atom stereocenters. The van der Waals surface area contributed by atoms with Crippen molar-refractivity contribution in [3.63, 3.8) is 0 Å². The third kappa shape index (κ3) is 6.51. The molecule has 1 heteroatoms. The highest BCUT2D eigenvalue weighted by Gasteiger charge is 1.97. The fourth-order valence-corrected chi connectivity index (χ4v) is 1.89. The van der Waals surface area contributed by atoms with Crippen LogP contribution in [0.25, 0.3) is 0 Å². The lowest BCUT2D eigenvalue weighted by molar-refractivity contribution is 0.282. The van der Waals surface area contributed by atoms with Gasteiger partial charge in [0.1, 0.15) is 0 Å². The average Bonchev–Trinajstić information content (AvgIpc) is 2.29. The second-order valence-electron chi connectivity index (χ2n) is 4.20. The Hall–Kier alpha value is -0.560. The summed E-state index contributed by atoms with van der Waals surface area (Å²) < 4.78 is 0. The van der Waals surface area contributed by atoms with Gasteiger partial charge in [0, 0.05) is 6.61 Å². The van der Waals surface area contributed by atoms with Crippen LogP contribution in [-0.2, 0) is 0 Å². The summed E-state index contributed by atoms with van der Waals surface area (Å²) in [4.78, 5) is 0. The van der Waals surface area contributed by atoms with E-state index < -0.39 is 0 Å². The minimum Gasteiger partial charge on any atom is -0.396 e. The molecule has 1 N–H and O–H groups in total. The minimum absolute atomic E-state index is 0.355. The zero-order chi connectivity index (χ0) is 10.8. The zero-order valence-corrected chi connectivity index (χ0v) is 9.62. The molecule has 0 saturated heterocycles. The maximum absolute atomic E-state index is 8.62. The highest BCUT2D eigenvalue weighted by atomic mass is 16.2. The summed E-state index contributed by atoms with van der Waals surface area (Å²) >= 11 is 0. The van der Waals surface area contributed by atoms with Gasteiger partial charge in [0.15, 0.2) is 0 Å². The maximum atomic E-state index is 8.62. The molecular formula is C14H23O. The van der Waals surface area contributed by atoms with Gasteiger partial charge in [-0.15, -0.1) is 0 Å². The zero-order valence-electron chi connectivity index (χ0n) is 9.62. The molecule has 0 aromatic heterocycles. The van der Waals surface area contributed by atoms with Crippen molar-refractivity contribution in [2.75, 3.05) is 6.61 Å². The van der Waals surface area contributed by atoms with Gasteiger partial charge in [-0.25, -0.2) is 0 Å². The number of rotatable bonds is 8. The van der Waals surface area contributed by atoms with E-state index in [9.17, 15) is 0 Å². The number of aliphatic hydroxyl groups excluding tert-OH is 1. The first kappa shape index (κ1) is 12.5. The van der Waals surface area contributed by atoms with Gasteiger partial charge < -0.3 is 5.11 Å². The van der Waals surface area contributed by atoms with Crippen LogP contribution in [0.15, 0.2) is 23.8 Å². The average molecular weight is 207 g/mol. The Balaban J connectivity index is 1.88. The first-order valence-corrected chi connectivity index (χ1v) is 6.23. The predicted octanol–water partition coefficient (Wildman–Crippen LogP) is 3.80. The fourth-order valence-electron chi connectivity index (χ4n) is 1.89. The lowest BCUT2D eigenvalue weighted by atomic mass is 10.0. The molecule has 0 amide bonds. The molecule has 0 spiro atoms. The summed E-state index contributed by atoms with van der Waals surface area (Å²) in [6.07, 6.45) is 18.7. The number of hydrogen-bond donors (Lipinski definition) is 1. The minimum atomic E-state index is 0.355. The molecule has 0 aromatic carbocycles. The molecule has 1 aliphatic carbocycles. The van der Waals surface area contributed by atoms with Crippen LogP contribution in [-0.4, -0.2) is 11.7 Å². The lowest BCUT2D eigenvalue weighted by Gasteiger charge is -2.06. The molecule has 85 valence electrons. The number of aliphatic hydroxyl groups is 1. The summed E-state index contributed by atoms with van der Waals surface area (Å²) in [5, 5.41) is 8.62. The van der Waals surface area contributed by atoms with Crippen molar-refractivity contribution in [3.8, 4) is 0 Å². The molecule has 0 fully saturated rings. The van der Waals surface area contributed by atoms with Gasteiger partial charge >= 0.3 is 0 Å². The molecule has 1 aliphatic rings. The Morgan fingerprint density at radius 3 is 2.40 bits per heavy atom. The number of hydrogen-bond acceptors (Lipinski definition) is 1. The second kappa shape index (κ2) is 8.72. The first-order chi connectivity index (χ1) is 7.43. The van der Waals surface area contributed by atoms with Crippen molar-refractivity contribution < 1.29 is 5.11 Å². The molecule has 0 saturated carbocycles. The lowest BCUT2D eigenvalue weighted by Crippen LogP contribution is -1.87. The van der Waals surface area contributed by atoms with Gasteiger partial charge in [0.25, 0.3) is 0 Å². The van der Waals surface area contributed by atoms with E-state index in [1.54, 1.807) is 0 Å². The topological polar surface area (TPSA) is 20.2 Å². The number of allylic oxidation sites excluding steroid dienone is 4. The molecule has 1 nitrogen and oxygen atoms in total. The molecule has 0 atom stereocenters. The van der Waals surface area contributed by atoms with Gasteiger partial charge in [0.05, 0.1) is 0 Å². The van der Waals surface area contributed by atoms with Crippen LogP contribution in [0.2, 0.25) is 0 Å². The Kier molecular flexibility index (Phi) is 7.28. The van der Waals surface area contributed by atoms with E-state index in [1.165, 1.54) is 44.1 Å². The van der Waals surface area contributed by atoms with E-state index in [-0.39, 0.29) is 0 Å². The third-order valence-corrected chi connectivity index (χ3v) is 2.84. The Morgan fingerprint density at radius 1 is 1.00 bits per heavy atom. The van der Waals surface area contributed by atoms with Crippen molar-refractivity contribution in [1.29, 1.82) is 0 Å². The summed E-state index contributed by atoms with van der Waals surface area (Å²) in [5.41, 5.74) is 1.51. The molecule has 0 bridgehead atoms. The SMILES string of the molecule is OCCCCCCCCC1=CC[CH]C=C1. The monoisotopic (exact) mass is 207 g/mol. The molecular weight excluding hydrogens is 184 g/mol. The van der Waals surface area contributed by atoms with Crippen molar-refractivity contribution in [3.05, 3.63) is 30.2 Å². The second-order valence-corrected chi connectivity index (χ2v) is 4.20. The molecule has 1 rings (SSSR count). The number of unbranched alkanes of at least 4 members (excludes halogenated alkanes) is 5. The molecule has 15 heavy (non-hydrogen) atoms. The molecule has 0 heterocycles. The Morgan fingerprint density at radius 2 is 1.73 bits per heavy atom. The third-order valence-electron chi connectivity index (χ3n) is 2.84. The molecule has 0 aliphatic heterocycles.